The monoisotopic (exact) mass is 882 g/mol. The molecule has 0 amide bonds. The quantitative estimate of drug-likeness (QED) is 0.195. The van der Waals surface area contributed by atoms with Crippen LogP contribution in [-0.4, -0.2) is 57.5 Å². The standard InChI is InChI=1S/C51H52GeN8O2/c1-2-10-36-35(9-1)43-53-44(36)56-48-41-15-7-8-16-42(41)50-58-46-38-12-4-3-11-37(38)45(54-46)57-49-40-14-6-5-13-39(40)47(55-43)59(49)52(60(48)50,61-27-34-23-29-17-18-33(34)22-29)62-28-51-24-30-19-31(25-51)21-32(20-30)26-51/h1,4-9,12-16,29-34,48,54H,2-3,10-11,17-28H2/t29?,30?,31?,32?,33?,34?,48?,51?,52-/m1/s1. The summed E-state index contributed by atoms with van der Waals surface area (Å²) in [5.74, 6) is 8.48. The molecule has 12 bridgehead atoms. The van der Waals surface area contributed by atoms with Gasteiger partial charge in [0.2, 0.25) is 0 Å². The number of hydrogen-bond donors (Lipinski definition) is 1. The molecule has 0 spiro atoms. The van der Waals surface area contributed by atoms with E-state index in [1.54, 1.807) is 0 Å². The maximum atomic E-state index is 8.34. The summed E-state index contributed by atoms with van der Waals surface area (Å²) in [5, 5.41) is 2.10. The third-order valence-corrected chi connectivity index (χ3v) is 23.7. The number of aliphatic imine (C=N–C) groups is 3. The summed E-state index contributed by atoms with van der Waals surface area (Å²) in [7, 11) is 0. The van der Waals surface area contributed by atoms with Crippen LogP contribution < -0.4 is 11.0 Å². The van der Waals surface area contributed by atoms with Gasteiger partial charge in [0.1, 0.15) is 0 Å². The Morgan fingerprint density at radius 1 is 0.726 bits per heavy atom. The van der Waals surface area contributed by atoms with E-state index < -0.39 is 20.6 Å². The van der Waals surface area contributed by atoms with E-state index in [-0.39, 0.29) is 5.41 Å². The van der Waals surface area contributed by atoms with Crippen LogP contribution in [0.2, 0.25) is 0 Å². The van der Waals surface area contributed by atoms with E-state index in [0.29, 0.717) is 25.0 Å². The third kappa shape index (κ3) is 5.03. The molecule has 12 aliphatic rings. The Morgan fingerprint density at radius 3 is 2.31 bits per heavy atom. The van der Waals surface area contributed by atoms with Crippen molar-refractivity contribution in [1.82, 2.24) is 12.4 Å². The van der Waals surface area contributed by atoms with Gasteiger partial charge in [0.15, 0.2) is 0 Å². The van der Waals surface area contributed by atoms with Gasteiger partial charge in [-0.2, -0.15) is 0 Å². The Hall–Kier alpha value is -4.65. The molecule has 312 valence electrons. The van der Waals surface area contributed by atoms with Crippen LogP contribution in [0.25, 0.3) is 16.8 Å². The van der Waals surface area contributed by atoms with Crippen molar-refractivity contribution >= 4 is 60.4 Å². The molecule has 4 aliphatic heterocycles. The van der Waals surface area contributed by atoms with Crippen LogP contribution in [0.1, 0.15) is 112 Å². The van der Waals surface area contributed by atoms with Gasteiger partial charge in [0.25, 0.3) is 0 Å². The molecule has 4 unspecified atom stereocenters. The van der Waals surface area contributed by atoms with Gasteiger partial charge in [0, 0.05) is 0 Å². The Balaban J connectivity index is 1.08. The predicted octanol–water partition coefficient (Wildman–Crippen LogP) is 9.35. The molecule has 6 heterocycles. The fraction of sp³-hybridized carbons (Fsp3) is 0.471. The van der Waals surface area contributed by atoms with Crippen LogP contribution in [0.5, 0.6) is 0 Å². The second kappa shape index (κ2) is 13.0. The van der Waals surface area contributed by atoms with Gasteiger partial charge in [-0.05, 0) is 0 Å². The first-order valence-electron chi connectivity index (χ1n) is 23.9. The van der Waals surface area contributed by atoms with Crippen molar-refractivity contribution in [3.8, 4) is 0 Å². The number of nitrogens with one attached hydrogen (secondary N) is 1. The van der Waals surface area contributed by atoms with Gasteiger partial charge in [-0.3, -0.25) is 0 Å². The molecule has 62 heavy (non-hydrogen) atoms. The van der Waals surface area contributed by atoms with E-state index in [2.05, 4.69) is 85.2 Å². The molecule has 2 aromatic carbocycles. The number of allylic oxidation sites excluding steroid dienone is 2. The SMILES string of the molecule is C1=CC2=C(CC1)C1=NC3c4ccccc4C4=Nc5[nH]c(c6c5C=CCC6)N=c5c6ccccc6c([n]5[Ge@@]([O]CC5CC6CCC5C6)([O]CC56CC7CC(CC(C7)C5)C6)[N]43)=NC2=N1. The minimum absolute atomic E-state index is 0.131. The molecule has 1 N–H and O–H groups in total. The molecule has 6 fully saturated rings. The van der Waals surface area contributed by atoms with Crippen LogP contribution >= 0.6 is 0 Å². The molecule has 10 nitrogen and oxygen atoms in total. The summed E-state index contributed by atoms with van der Waals surface area (Å²) >= 11 is -4.92. The van der Waals surface area contributed by atoms with Crippen molar-refractivity contribution in [1.29, 1.82) is 0 Å². The van der Waals surface area contributed by atoms with Crippen molar-refractivity contribution in [2.24, 2.45) is 65.9 Å². The summed E-state index contributed by atoms with van der Waals surface area (Å²) in [6.07, 6.45) is 25.4. The topological polar surface area (TPSA) is 104 Å². The second-order valence-electron chi connectivity index (χ2n) is 20.9. The van der Waals surface area contributed by atoms with Crippen LogP contribution in [0, 0.1) is 40.9 Å². The number of hydrogen-bond acceptors (Lipinski definition) is 8. The number of aromatic nitrogens is 2. The van der Waals surface area contributed by atoms with Gasteiger partial charge in [0.05, 0.1) is 0 Å². The summed E-state index contributed by atoms with van der Waals surface area (Å²) in [6.45, 7) is 1.32. The predicted molar refractivity (Wildman–Crippen MR) is 242 cm³/mol. The second-order valence-corrected chi connectivity index (χ2v) is 26.4. The first kappa shape index (κ1) is 35.8. The summed E-state index contributed by atoms with van der Waals surface area (Å²) in [6, 6.07) is 17.6. The molecule has 2 aromatic heterocycles. The summed E-state index contributed by atoms with van der Waals surface area (Å²) in [4.78, 5) is 32.4. The number of benzene rings is 2. The Labute approximate surface area is 364 Å². The number of H-pyrrole nitrogens is 1. The fourth-order valence-corrected chi connectivity index (χ4v) is 22.5. The molecular formula is C51H52GeN8O2. The fourth-order valence-electron chi connectivity index (χ4n) is 15.0. The van der Waals surface area contributed by atoms with E-state index in [9.17, 15) is 0 Å². The zero-order valence-corrected chi connectivity index (χ0v) is 37.3. The van der Waals surface area contributed by atoms with Gasteiger partial charge < -0.3 is 0 Å². The normalized spacial score (nSPS) is 34.7. The first-order chi connectivity index (χ1) is 30.6. The van der Waals surface area contributed by atoms with E-state index in [4.69, 9.17) is 32.5 Å². The van der Waals surface area contributed by atoms with E-state index in [1.165, 1.54) is 75.3 Å². The van der Waals surface area contributed by atoms with Crippen LogP contribution in [0.4, 0.5) is 11.6 Å². The summed E-state index contributed by atoms with van der Waals surface area (Å²) in [5.41, 5.74) is 8.61. The van der Waals surface area contributed by atoms with Gasteiger partial charge in [-0.1, -0.05) is 0 Å². The Morgan fingerprint density at radius 2 is 1.50 bits per heavy atom. The average Bonchev–Trinajstić information content (AvgIpc) is 4.15. The van der Waals surface area contributed by atoms with Crippen molar-refractivity contribution in [2.75, 3.05) is 13.2 Å². The van der Waals surface area contributed by atoms with Gasteiger partial charge in [-0.25, -0.2) is 0 Å². The van der Waals surface area contributed by atoms with Crippen LogP contribution in [0.15, 0.2) is 103 Å². The number of aromatic amines is 1. The summed E-state index contributed by atoms with van der Waals surface area (Å²) < 4.78 is 21.5. The van der Waals surface area contributed by atoms with Gasteiger partial charge >= 0.3 is 367 Å². The van der Waals surface area contributed by atoms with Crippen LogP contribution in [-0.2, 0) is 13.9 Å². The average molecular weight is 882 g/mol. The van der Waals surface area contributed by atoms with E-state index in [1.807, 2.05) is 0 Å². The molecular weight excluding hydrogens is 829 g/mol. The van der Waals surface area contributed by atoms with Crippen LogP contribution in [0.3, 0.4) is 0 Å². The number of amidine groups is 3. The zero-order valence-electron chi connectivity index (χ0n) is 35.2. The first-order valence-corrected chi connectivity index (χ1v) is 27.5. The third-order valence-electron chi connectivity index (χ3n) is 17.2. The molecule has 11 heteroatoms. The van der Waals surface area contributed by atoms with E-state index in [0.717, 1.165) is 123 Å². The van der Waals surface area contributed by atoms with Crippen molar-refractivity contribution in [3.05, 3.63) is 111 Å². The molecule has 0 radical (unpaired) electrons. The molecule has 0 saturated heterocycles. The number of fused-ring (bicyclic) bond motifs is 16. The Bertz CT molecular complexity index is 2950. The maximum absolute atomic E-state index is 8.34. The van der Waals surface area contributed by atoms with Crippen molar-refractivity contribution < 1.29 is 7.53 Å². The minimum atomic E-state index is -4.92. The van der Waals surface area contributed by atoms with Crippen molar-refractivity contribution in [3.63, 3.8) is 0 Å². The molecule has 5 atom stereocenters. The zero-order chi connectivity index (χ0) is 40.3. The van der Waals surface area contributed by atoms with Crippen molar-refractivity contribution in [2.45, 2.75) is 96.1 Å². The number of rotatable bonds is 6. The molecule has 8 aliphatic carbocycles. The van der Waals surface area contributed by atoms with E-state index >= 15 is 0 Å². The molecule has 6 saturated carbocycles. The number of nitrogens with zero attached hydrogens (tertiary/aromatic N) is 7. The molecule has 16 rings (SSSR count). The molecule has 4 aromatic rings. The Kier molecular flexibility index (Phi) is 7.49. The van der Waals surface area contributed by atoms with Gasteiger partial charge in [-0.15, -0.1) is 0 Å².